The molecule has 0 fully saturated rings. The van der Waals surface area contributed by atoms with Gasteiger partial charge in [0.25, 0.3) is 0 Å². The molecular formula is C6H11MgNO6. The summed E-state index contributed by atoms with van der Waals surface area (Å²) >= 11 is 0. The molecule has 2 atom stereocenters. The first-order valence-electron chi connectivity index (χ1n) is 3.36. The van der Waals surface area contributed by atoms with E-state index >= 15 is 0 Å². The van der Waals surface area contributed by atoms with Crippen molar-refractivity contribution in [2.75, 3.05) is 6.54 Å². The normalized spacial score (nSPS) is 12.6. The average molecular weight is 217 g/mol. The first-order chi connectivity index (χ1) is 5.88. The summed E-state index contributed by atoms with van der Waals surface area (Å²) in [4.78, 5) is 19.3. The summed E-state index contributed by atoms with van der Waals surface area (Å²) in [5, 5.41) is 35.7. The molecule has 0 rings (SSSR count). The molecule has 0 bridgehead atoms. The number of carbonyl (C=O) groups is 2. The minimum Gasteiger partial charge on any atom is -0.547 e. The van der Waals surface area contributed by atoms with Crippen LogP contribution in [0.25, 0.3) is 0 Å². The second-order valence-corrected chi connectivity index (χ2v) is 1.94. The van der Waals surface area contributed by atoms with Crippen LogP contribution in [-0.4, -0.2) is 64.0 Å². The van der Waals surface area contributed by atoms with E-state index < -0.39 is 24.1 Å². The largest absolute Gasteiger partial charge is 2.00 e. The van der Waals surface area contributed by atoms with Crippen molar-refractivity contribution >= 4 is 35.0 Å². The Bertz CT molecular complexity index is 158. The summed E-state index contributed by atoms with van der Waals surface area (Å²) in [6, 6.07) is 0. The summed E-state index contributed by atoms with van der Waals surface area (Å²) in [5.74, 6) is -4.12. The van der Waals surface area contributed by atoms with Gasteiger partial charge >= 0.3 is 23.1 Å². The van der Waals surface area contributed by atoms with Crippen molar-refractivity contribution in [3.8, 4) is 0 Å². The van der Waals surface area contributed by atoms with Gasteiger partial charge in [-0.05, 0) is 6.54 Å². The molecule has 0 radical (unpaired) electrons. The molecule has 78 valence electrons. The van der Waals surface area contributed by atoms with Crippen LogP contribution in [-0.2, 0) is 9.59 Å². The van der Waals surface area contributed by atoms with Crippen LogP contribution in [0.2, 0.25) is 0 Å². The number of nitrogens with two attached hydrogens (primary N) is 1. The SMILES string of the molecule is CCN.O=C([O-])C(O)C(O)C(=O)[O-].[Mg+2]. The molecule has 2 unspecified atom stereocenters. The average Bonchev–Trinajstić information content (AvgIpc) is 2.03. The fourth-order valence-electron chi connectivity index (χ4n) is 0.258. The standard InChI is InChI=1S/C4H6O6.C2H7N.Mg/c5-1(3(7)8)2(6)4(9)10;1-2-3;/h1-2,5-6H,(H,7,8)(H,9,10);2-3H2,1H3;/q;;+2/p-2. The third kappa shape index (κ3) is 9.67. The predicted octanol–water partition coefficient (Wildman–Crippen LogP) is -5.21. The van der Waals surface area contributed by atoms with E-state index in [2.05, 4.69) is 0 Å². The summed E-state index contributed by atoms with van der Waals surface area (Å²) < 4.78 is 0. The Labute approximate surface area is 96.7 Å². The maximum Gasteiger partial charge on any atom is 2.00 e. The van der Waals surface area contributed by atoms with E-state index in [-0.39, 0.29) is 23.1 Å². The molecule has 0 aromatic rings. The molecular weight excluding hydrogens is 206 g/mol. The molecule has 7 nitrogen and oxygen atoms in total. The molecule has 0 aliphatic carbocycles. The predicted molar refractivity (Wildman–Crippen MR) is 42.5 cm³/mol. The first kappa shape index (κ1) is 19.2. The fraction of sp³-hybridized carbons (Fsp3) is 0.667. The number of aliphatic hydroxyl groups is 2. The van der Waals surface area contributed by atoms with Gasteiger partial charge < -0.3 is 35.7 Å². The van der Waals surface area contributed by atoms with E-state index in [0.29, 0.717) is 0 Å². The van der Waals surface area contributed by atoms with Crippen LogP contribution in [0.3, 0.4) is 0 Å². The summed E-state index contributed by atoms with van der Waals surface area (Å²) in [7, 11) is 0. The minimum absolute atomic E-state index is 0. The van der Waals surface area contributed by atoms with Gasteiger partial charge in [-0.3, -0.25) is 0 Å². The Hall–Kier alpha value is -0.414. The molecule has 0 saturated carbocycles. The second kappa shape index (κ2) is 10.7. The van der Waals surface area contributed by atoms with Gasteiger partial charge in [-0.2, -0.15) is 0 Å². The number of carbonyl (C=O) groups excluding carboxylic acids is 2. The fourth-order valence-corrected chi connectivity index (χ4v) is 0.258. The number of carboxylic acids is 2. The van der Waals surface area contributed by atoms with Crippen LogP contribution in [0.1, 0.15) is 6.92 Å². The third-order valence-corrected chi connectivity index (χ3v) is 0.782. The van der Waals surface area contributed by atoms with Crippen LogP contribution < -0.4 is 15.9 Å². The zero-order valence-electron chi connectivity index (χ0n) is 7.67. The molecule has 0 aliphatic heterocycles. The monoisotopic (exact) mass is 217 g/mol. The molecule has 0 aliphatic rings. The molecule has 0 saturated heterocycles. The van der Waals surface area contributed by atoms with E-state index in [1.54, 1.807) is 0 Å². The Morgan fingerprint density at radius 1 is 1.21 bits per heavy atom. The van der Waals surface area contributed by atoms with Gasteiger partial charge in [0.2, 0.25) is 0 Å². The zero-order chi connectivity index (χ0) is 11.0. The van der Waals surface area contributed by atoms with Crippen molar-refractivity contribution in [2.45, 2.75) is 19.1 Å². The van der Waals surface area contributed by atoms with Gasteiger partial charge in [-0.1, -0.05) is 6.92 Å². The van der Waals surface area contributed by atoms with Crippen LogP contribution in [0.15, 0.2) is 0 Å². The Balaban J connectivity index is -0.000000267. The van der Waals surface area contributed by atoms with Crippen molar-refractivity contribution in [3.63, 3.8) is 0 Å². The molecule has 14 heavy (non-hydrogen) atoms. The van der Waals surface area contributed by atoms with Gasteiger partial charge in [0.15, 0.2) is 0 Å². The Morgan fingerprint density at radius 3 is 1.43 bits per heavy atom. The van der Waals surface area contributed by atoms with E-state index in [9.17, 15) is 19.8 Å². The van der Waals surface area contributed by atoms with Crippen molar-refractivity contribution in [2.24, 2.45) is 5.73 Å². The maximum absolute atomic E-state index is 9.63. The first-order valence-corrected chi connectivity index (χ1v) is 3.36. The van der Waals surface area contributed by atoms with Crippen LogP contribution in [0.4, 0.5) is 0 Å². The van der Waals surface area contributed by atoms with E-state index in [0.717, 1.165) is 6.54 Å². The molecule has 0 aromatic heterocycles. The zero-order valence-corrected chi connectivity index (χ0v) is 9.09. The number of hydrogen-bond acceptors (Lipinski definition) is 7. The van der Waals surface area contributed by atoms with Crippen molar-refractivity contribution in [3.05, 3.63) is 0 Å². The molecule has 0 spiro atoms. The van der Waals surface area contributed by atoms with Gasteiger partial charge in [0.05, 0.1) is 11.9 Å². The molecule has 4 N–H and O–H groups in total. The van der Waals surface area contributed by atoms with Gasteiger partial charge in [-0.15, -0.1) is 0 Å². The minimum atomic E-state index is -2.44. The molecule has 0 amide bonds. The smallest absolute Gasteiger partial charge is 0.547 e. The summed E-state index contributed by atoms with van der Waals surface area (Å²) in [6.45, 7) is 2.65. The van der Waals surface area contributed by atoms with Gasteiger partial charge in [0.1, 0.15) is 12.2 Å². The van der Waals surface area contributed by atoms with Crippen molar-refractivity contribution < 1.29 is 30.0 Å². The van der Waals surface area contributed by atoms with Crippen LogP contribution in [0, 0.1) is 0 Å². The number of hydrogen-bond donors (Lipinski definition) is 3. The molecule has 0 heterocycles. The Kier molecular flexibility index (Phi) is 14.6. The molecule has 0 aromatic carbocycles. The Morgan fingerprint density at radius 2 is 1.36 bits per heavy atom. The van der Waals surface area contributed by atoms with Crippen molar-refractivity contribution in [1.82, 2.24) is 0 Å². The van der Waals surface area contributed by atoms with Gasteiger partial charge in [0, 0.05) is 0 Å². The number of aliphatic carboxylic acids is 2. The van der Waals surface area contributed by atoms with E-state index in [4.69, 9.17) is 15.9 Å². The summed E-state index contributed by atoms with van der Waals surface area (Å²) in [5.41, 5.74) is 4.85. The van der Waals surface area contributed by atoms with E-state index in [1.807, 2.05) is 6.92 Å². The molecule has 8 heteroatoms. The number of rotatable bonds is 3. The van der Waals surface area contributed by atoms with Gasteiger partial charge in [-0.25, -0.2) is 0 Å². The van der Waals surface area contributed by atoms with Crippen LogP contribution >= 0.6 is 0 Å². The third-order valence-electron chi connectivity index (χ3n) is 0.782. The topological polar surface area (TPSA) is 147 Å². The number of carboxylic acid groups (broad SMARTS) is 2. The summed E-state index contributed by atoms with van der Waals surface area (Å²) in [6.07, 6.45) is -4.88. The maximum atomic E-state index is 9.63. The van der Waals surface area contributed by atoms with Crippen LogP contribution in [0.5, 0.6) is 0 Å². The second-order valence-electron chi connectivity index (χ2n) is 1.94. The van der Waals surface area contributed by atoms with Crippen molar-refractivity contribution in [1.29, 1.82) is 0 Å². The quantitative estimate of drug-likeness (QED) is 0.400. The number of aliphatic hydroxyl groups excluding tert-OH is 2. The van der Waals surface area contributed by atoms with E-state index in [1.165, 1.54) is 0 Å².